The number of hydrogen-bond donors (Lipinski definition) is 2. The second kappa shape index (κ2) is 8.63. The largest absolute Gasteiger partial charge is 0.480 e. The first-order chi connectivity index (χ1) is 9.50. The Kier molecular flexibility index (Phi) is 7.52. The van der Waals surface area contributed by atoms with Crippen LogP contribution in [-0.2, 0) is 9.53 Å². The van der Waals surface area contributed by atoms with Crippen LogP contribution in [0, 0.1) is 0 Å². The van der Waals surface area contributed by atoms with E-state index >= 15 is 0 Å². The smallest absolute Gasteiger partial charge is 0.323 e. The van der Waals surface area contributed by atoms with E-state index in [1.807, 2.05) is 20.8 Å². The van der Waals surface area contributed by atoms with Crippen LogP contribution in [0.5, 0.6) is 0 Å². The summed E-state index contributed by atoms with van der Waals surface area (Å²) in [4.78, 5) is 11.6. The van der Waals surface area contributed by atoms with Gasteiger partial charge in [0.15, 0.2) is 0 Å². The summed E-state index contributed by atoms with van der Waals surface area (Å²) in [6, 6.07) is 0.172. The van der Waals surface area contributed by atoms with E-state index in [2.05, 4.69) is 5.32 Å². The molecule has 1 rings (SSSR count). The number of carboxylic acids is 1. The Bertz CT molecular complexity index is 287. The highest BCUT2D eigenvalue weighted by Gasteiger charge is 2.36. The third-order valence-corrected chi connectivity index (χ3v) is 4.23. The molecule has 0 bridgehead atoms. The van der Waals surface area contributed by atoms with Crippen molar-refractivity contribution < 1.29 is 14.6 Å². The second-order valence-electron chi connectivity index (χ2n) is 6.27. The van der Waals surface area contributed by atoms with Gasteiger partial charge in [-0.1, -0.05) is 26.2 Å². The van der Waals surface area contributed by atoms with E-state index in [0.29, 0.717) is 25.6 Å². The first-order valence-electron chi connectivity index (χ1n) is 8.13. The third-order valence-electron chi connectivity index (χ3n) is 4.23. The van der Waals surface area contributed by atoms with Gasteiger partial charge in [0.25, 0.3) is 0 Å². The molecule has 1 aliphatic rings. The predicted molar refractivity (Wildman–Crippen MR) is 81.0 cm³/mol. The summed E-state index contributed by atoms with van der Waals surface area (Å²) in [5.74, 6) is -0.744. The number of ether oxygens (including phenoxy) is 1. The molecule has 0 spiro atoms. The fourth-order valence-corrected chi connectivity index (χ4v) is 3.08. The maximum absolute atomic E-state index is 11.6. The maximum atomic E-state index is 11.6. The molecule has 1 fully saturated rings. The molecular weight excluding hydrogens is 254 g/mol. The van der Waals surface area contributed by atoms with Gasteiger partial charge in [-0.15, -0.1) is 0 Å². The van der Waals surface area contributed by atoms with Crippen LogP contribution in [0.3, 0.4) is 0 Å². The Morgan fingerprint density at radius 1 is 1.35 bits per heavy atom. The molecule has 0 aromatic rings. The Labute approximate surface area is 123 Å². The van der Waals surface area contributed by atoms with Crippen molar-refractivity contribution in [2.75, 3.05) is 6.61 Å². The summed E-state index contributed by atoms with van der Waals surface area (Å²) in [7, 11) is 0. The molecule has 1 atom stereocenters. The number of carbonyl (C=O) groups is 1. The average Bonchev–Trinajstić information content (AvgIpc) is 2.42. The molecular formula is C16H31NO3. The number of hydrogen-bond acceptors (Lipinski definition) is 3. The fourth-order valence-electron chi connectivity index (χ4n) is 3.08. The van der Waals surface area contributed by atoms with Crippen LogP contribution >= 0.6 is 0 Å². The monoisotopic (exact) mass is 285 g/mol. The lowest BCUT2D eigenvalue weighted by Gasteiger charge is -2.32. The summed E-state index contributed by atoms with van der Waals surface area (Å²) < 4.78 is 5.89. The second-order valence-corrected chi connectivity index (χ2v) is 6.27. The highest BCUT2D eigenvalue weighted by atomic mass is 16.5. The van der Waals surface area contributed by atoms with Crippen LogP contribution in [0.2, 0.25) is 0 Å². The number of nitrogens with one attached hydrogen (secondary N) is 1. The highest BCUT2D eigenvalue weighted by Crippen LogP contribution is 2.22. The molecule has 2 N–H and O–H groups in total. The minimum absolute atomic E-state index is 0.172. The van der Waals surface area contributed by atoms with E-state index in [1.54, 1.807) is 0 Å². The van der Waals surface area contributed by atoms with Gasteiger partial charge in [-0.25, -0.2) is 0 Å². The van der Waals surface area contributed by atoms with Crippen molar-refractivity contribution in [3.05, 3.63) is 0 Å². The third kappa shape index (κ3) is 5.41. The van der Waals surface area contributed by atoms with Crippen molar-refractivity contribution in [1.82, 2.24) is 5.32 Å². The van der Waals surface area contributed by atoms with Crippen molar-refractivity contribution in [2.24, 2.45) is 0 Å². The minimum atomic E-state index is -0.801. The van der Waals surface area contributed by atoms with Crippen LogP contribution in [0.15, 0.2) is 0 Å². The lowest BCUT2D eigenvalue weighted by atomic mass is 9.89. The zero-order valence-corrected chi connectivity index (χ0v) is 13.3. The van der Waals surface area contributed by atoms with E-state index < -0.39 is 11.5 Å². The molecule has 4 nitrogen and oxygen atoms in total. The Balaban J connectivity index is 2.35. The standard InChI is InChI=1S/C16H31NO3/c1-4-16(15(18)19,17-13(2)3)11-8-12-20-14-9-6-5-7-10-14/h13-14,17H,4-12H2,1-3H3,(H,18,19). The summed E-state index contributed by atoms with van der Waals surface area (Å²) in [6.07, 6.45) is 8.65. The fraction of sp³-hybridized carbons (Fsp3) is 0.938. The lowest BCUT2D eigenvalue weighted by Crippen LogP contribution is -2.54. The Morgan fingerprint density at radius 3 is 2.50 bits per heavy atom. The Hall–Kier alpha value is -0.610. The average molecular weight is 285 g/mol. The van der Waals surface area contributed by atoms with E-state index in [4.69, 9.17) is 4.74 Å². The van der Waals surface area contributed by atoms with Gasteiger partial charge in [0.1, 0.15) is 5.54 Å². The van der Waals surface area contributed by atoms with Crippen molar-refractivity contribution in [2.45, 2.75) is 89.8 Å². The lowest BCUT2D eigenvalue weighted by molar-refractivity contribution is -0.146. The first-order valence-corrected chi connectivity index (χ1v) is 8.13. The molecule has 0 saturated heterocycles. The van der Waals surface area contributed by atoms with Gasteiger partial charge in [0.05, 0.1) is 6.10 Å². The topological polar surface area (TPSA) is 58.6 Å². The molecule has 0 aromatic carbocycles. The molecule has 0 aromatic heterocycles. The first kappa shape index (κ1) is 17.4. The van der Waals surface area contributed by atoms with Crippen LogP contribution in [0.25, 0.3) is 0 Å². The summed E-state index contributed by atoms with van der Waals surface area (Å²) in [6.45, 7) is 6.60. The van der Waals surface area contributed by atoms with E-state index in [-0.39, 0.29) is 6.04 Å². The summed E-state index contributed by atoms with van der Waals surface area (Å²) >= 11 is 0. The van der Waals surface area contributed by atoms with Gasteiger partial charge >= 0.3 is 5.97 Å². The van der Waals surface area contributed by atoms with E-state index in [1.165, 1.54) is 32.1 Å². The van der Waals surface area contributed by atoms with E-state index in [9.17, 15) is 9.90 Å². The SMILES string of the molecule is CCC(CCCOC1CCCCC1)(NC(C)C)C(=O)O. The van der Waals surface area contributed by atoms with Crippen molar-refractivity contribution in [1.29, 1.82) is 0 Å². The number of aliphatic carboxylic acids is 1. The zero-order valence-electron chi connectivity index (χ0n) is 13.3. The van der Waals surface area contributed by atoms with Crippen LogP contribution in [0.4, 0.5) is 0 Å². The van der Waals surface area contributed by atoms with Crippen molar-refractivity contribution in [3.8, 4) is 0 Å². The maximum Gasteiger partial charge on any atom is 0.323 e. The molecule has 0 amide bonds. The van der Waals surface area contributed by atoms with Crippen LogP contribution in [0.1, 0.15) is 72.1 Å². The van der Waals surface area contributed by atoms with Gasteiger partial charge in [-0.05, 0) is 46.0 Å². The van der Waals surface area contributed by atoms with E-state index in [0.717, 1.165) is 6.42 Å². The van der Waals surface area contributed by atoms with Crippen molar-refractivity contribution >= 4 is 5.97 Å². The Morgan fingerprint density at radius 2 is 2.00 bits per heavy atom. The van der Waals surface area contributed by atoms with Gasteiger partial charge < -0.3 is 9.84 Å². The molecule has 4 heteroatoms. The minimum Gasteiger partial charge on any atom is -0.480 e. The zero-order chi connectivity index (χ0) is 15.0. The molecule has 0 radical (unpaired) electrons. The molecule has 118 valence electrons. The molecule has 20 heavy (non-hydrogen) atoms. The van der Waals surface area contributed by atoms with Crippen LogP contribution < -0.4 is 5.32 Å². The van der Waals surface area contributed by atoms with Gasteiger partial charge in [-0.2, -0.15) is 0 Å². The number of carboxylic acid groups (broad SMARTS) is 1. The van der Waals surface area contributed by atoms with Crippen molar-refractivity contribution in [3.63, 3.8) is 0 Å². The highest BCUT2D eigenvalue weighted by molar-refractivity contribution is 5.78. The quantitative estimate of drug-likeness (QED) is 0.638. The molecule has 1 unspecified atom stereocenters. The molecule has 1 saturated carbocycles. The van der Waals surface area contributed by atoms with Gasteiger partial charge in [-0.3, -0.25) is 10.1 Å². The summed E-state index contributed by atoms with van der Waals surface area (Å²) in [5, 5.41) is 12.7. The molecule has 0 heterocycles. The molecule has 1 aliphatic carbocycles. The van der Waals surface area contributed by atoms with Gasteiger partial charge in [0, 0.05) is 12.6 Å². The molecule has 0 aliphatic heterocycles. The normalized spacial score (nSPS) is 20.0. The predicted octanol–water partition coefficient (Wildman–Crippen LogP) is 3.35. The van der Waals surface area contributed by atoms with Gasteiger partial charge in [0.2, 0.25) is 0 Å². The number of rotatable bonds is 9. The summed E-state index contributed by atoms with van der Waals surface area (Å²) in [5.41, 5.74) is -0.801. The van der Waals surface area contributed by atoms with Crippen LogP contribution in [-0.4, -0.2) is 35.4 Å².